The lowest BCUT2D eigenvalue weighted by Crippen LogP contribution is -2.41. The Morgan fingerprint density at radius 3 is 2.22 bits per heavy atom. The minimum absolute atomic E-state index is 0.0949. The summed E-state index contributed by atoms with van der Waals surface area (Å²) in [6.45, 7) is 1.52. The number of anilines is 1. The van der Waals surface area contributed by atoms with Crippen molar-refractivity contribution in [2.24, 2.45) is 0 Å². The van der Waals surface area contributed by atoms with Crippen molar-refractivity contribution in [3.63, 3.8) is 0 Å². The van der Waals surface area contributed by atoms with E-state index in [9.17, 15) is 19.7 Å². The SMILES string of the molecule is O=C(NNC(=O)c1ccc(N2CCCCC2)c([N+](=O)[O-])c1)c1ccncc1. The summed E-state index contributed by atoms with van der Waals surface area (Å²) >= 11 is 0. The number of hydrogen-bond acceptors (Lipinski definition) is 6. The maximum Gasteiger partial charge on any atom is 0.293 e. The first kappa shape index (κ1) is 18.3. The average Bonchev–Trinajstić information content (AvgIpc) is 2.72. The third-order valence-electron chi connectivity index (χ3n) is 4.36. The summed E-state index contributed by atoms with van der Waals surface area (Å²) in [4.78, 5) is 41.0. The van der Waals surface area contributed by atoms with Gasteiger partial charge in [0.25, 0.3) is 17.5 Å². The predicted octanol–water partition coefficient (Wildman–Crippen LogP) is 2.05. The van der Waals surface area contributed by atoms with Crippen molar-refractivity contribution >= 4 is 23.2 Å². The van der Waals surface area contributed by atoms with Crippen LogP contribution in [-0.4, -0.2) is 34.8 Å². The van der Waals surface area contributed by atoms with Crippen LogP contribution in [0, 0.1) is 10.1 Å². The van der Waals surface area contributed by atoms with E-state index in [-0.39, 0.29) is 11.3 Å². The molecule has 0 spiro atoms. The maximum absolute atomic E-state index is 12.3. The van der Waals surface area contributed by atoms with Crippen LogP contribution < -0.4 is 15.8 Å². The third-order valence-corrected chi connectivity index (χ3v) is 4.36. The molecule has 0 atom stereocenters. The van der Waals surface area contributed by atoms with Gasteiger partial charge in [-0.15, -0.1) is 0 Å². The highest BCUT2D eigenvalue weighted by molar-refractivity contribution is 5.99. The molecule has 2 heterocycles. The predicted molar refractivity (Wildman–Crippen MR) is 98.3 cm³/mol. The van der Waals surface area contributed by atoms with E-state index in [1.165, 1.54) is 36.7 Å². The Kier molecular flexibility index (Phi) is 5.60. The van der Waals surface area contributed by atoms with Crippen LogP contribution in [0.5, 0.6) is 0 Å². The average molecular weight is 369 g/mol. The first-order chi connectivity index (χ1) is 13.1. The molecule has 1 aromatic heterocycles. The summed E-state index contributed by atoms with van der Waals surface area (Å²) in [5.41, 5.74) is 5.36. The third kappa shape index (κ3) is 4.38. The van der Waals surface area contributed by atoms with E-state index in [2.05, 4.69) is 15.8 Å². The number of hydrazine groups is 1. The fourth-order valence-electron chi connectivity index (χ4n) is 2.97. The molecule has 1 aromatic carbocycles. The molecule has 1 fully saturated rings. The molecule has 0 saturated carbocycles. The summed E-state index contributed by atoms with van der Waals surface area (Å²) in [5, 5.41) is 11.5. The molecule has 2 N–H and O–H groups in total. The van der Waals surface area contributed by atoms with Gasteiger partial charge in [-0.25, -0.2) is 0 Å². The fraction of sp³-hybridized carbons (Fsp3) is 0.278. The van der Waals surface area contributed by atoms with Crippen LogP contribution in [0.2, 0.25) is 0 Å². The van der Waals surface area contributed by atoms with Crippen molar-refractivity contribution in [2.75, 3.05) is 18.0 Å². The maximum atomic E-state index is 12.3. The molecule has 9 heteroatoms. The highest BCUT2D eigenvalue weighted by Crippen LogP contribution is 2.31. The van der Waals surface area contributed by atoms with Crippen LogP contribution in [-0.2, 0) is 0 Å². The molecule has 1 saturated heterocycles. The number of rotatable bonds is 4. The lowest BCUT2D eigenvalue weighted by Gasteiger charge is -2.28. The number of nitro benzene ring substituents is 1. The molecule has 0 unspecified atom stereocenters. The Balaban J connectivity index is 1.72. The Labute approximate surface area is 155 Å². The van der Waals surface area contributed by atoms with Crippen molar-refractivity contribution in [2.45, 2.75) is 19.3 Å². The van der Waals surface area contributed by atoms with Gasteiger partial charge in [0.05, 0.1) is 4.92 Å². The molecular formula is C18H19N5O4. The van der Waals surface area contributed by atoms with E-state index in [1.54, 1.807) is 6.07 Å². The van der Waals surface area contributed by atoms with Gasteiger partial charge in [-0.05, 0) is 43.5 Å². The van der Waals surface area contributed by atoms with E-state index in [4.69, 9.17) is 0 Å². The van der Waals surface area contributed by atoms with Gasteiger partial charge in [0, 0.05) is 42.7 Å². The van der Waals surface area contributed by atoms with Crippen molar-refractivity contribution < 1.29 is 14.5 Å². The quantitative estimate of drug-likeness (QED) is 0.629. The van der Waals surface area contributed by atoms with Crippen LogP contribution in [0.3, 0.4) is 0 Å². The second kappa shape index (κ2) is 8.26. The van der Waals surface area contributed by atoms with Crippen LogP contribution in [0.25, 0.3) is 0 Å². The Morgan fingerprint density at radius 1 is 0.963 bits per heavy atom. The summed E-state index contributed by atoms with van der Waals surface area (Å²) in [7, 11) is 0. The van der Waals surface area contributed by atoms with Crippen LogP contribution >= 0.6 is 0 Å². The first-order valence-corrected chi connectivity index (χ1v) is 8.60. The number of aromatic nitrogens is 1. The van der Waals surface area contributed by atoms with Gasteiger partial charge in [0.1, 0.15) is 5.69 Å². The molecule has 3 rings (SSSR count). The molecule has 0 radical (unpaired) electrons. The second-order valence-corrected chi connectivity index (χ2v) is 6.15. The number of amides is 2. The van der Waals surface area contributed by atoms with Crippen molar-refractivity contribution in [3.8, 4) is 0 Å². The van der Waals surface area contributed by atoms with Crippen LogP contribution in [0.15, 0.2) is 42.7 Å². The van der Waals surface area contributed by atoms with Crippen molar-refractivity contribution in [1.29, 1.82) is 0 Å². The molecule has 2 aromatic rings. The number of benzene rings is 1. The zero-order chi connectivity index (χ0) is 19.2. The Hall–Kier alpha value is -3.49. The number of carbonyl (C=O) groups excluding carboxylic acids is 2. The van der Waals surface area contributed by atoms with Gasteiger partial charge in [-0.3, -0.25) is 35.5 Å². The molecule has 140 valence electrons. The van der Waals surface area contributed by atoms with Gasteiger partial charge in [-0.2, -0.15) is 0 Å². The zero-order valence-corrected chi connectivity index (χ0v) is 14.6. The molecule has 1 aliphatic rings. The van der Waals surface area contributed by atoms with Crippen LogP contribution in [0.4, 0.5) is 11.4 Å². The summed E-state index contributed by atoms with van der Waals surface area (Å²) in [6.07, 6.45) is 6.00. The van der Waals surface area contributed by atoms with Gasteiger partial charge >= 0.3 is 0 Å². The molecule has 1 aliphatic heterocycles. The number of piperidine rings is 1. The number of nitrogens with one attached hydrogen (secondary N) is 2. The molecule has 2 amide bonds. The van der Waals surface area contributed by atoms with Crippen molar-refractivity contribution in [1.82, 2.24) is 15.8 Å². The van der Waals surface area contributed by atoms with Crippen LogP contribution in [0.1, 0.15) is 40.0 Å². The lowest BCUT2D eigenvalue weighted by atomic mass is 10.1. The fourth-order valence-corrected chi connectivity index (χ4v) is 2.97. The molecule has 9 nitrogen and oxygen atoms in total. The van der Waals surface area contributed by atoms with Gasteiger partial charge < -0.3 is 4.90 Å². The molecule has 0 bridgehead atoms. The number of carbonyl (C=O) groups is 2. The minimum Gasteiger partial charge on any atom is -0.366 e. The first-order valence-electron chi connectivity index (χ1n) is 8.60. The molecular weight excluding hydrogens is 350 g/mol. The Bertz CT molecular complexity index is 850. The summed E-state index contributed by atoms with van der Waals surface area (Å²) in [5.74, 6) is -1.14. The number of pyridine rings is 1. The standard InChI is InChI=1S/C18H19N5O4/c24-17(13-6-8-19-9-7-13)20-21-18(25)14-4-5-15(16(12-14)23(26)27)22-10-2-1-3-11-22/h4-9,12H,1-3,10-11H2,(H,20,24)(H,21,25). The van der Waals surface area contributed by atoms with E-state index in [1.807, 2.05) is 4.90 Å². The summed E-state index contributed by atoms with van der Waals surface area (Å²) in [6, 6.07) is 7.34. The monoisotopic (exact) mass is 369 g/mol. The number of nitro groups is 1. The highest BCUT2D eigenvalue weighted by atomic mass is 16.6. The zero-order valence-electron chi connectivity index (χ0n) is 14.6. The van der Waals surface area contributed by atoms with E-state index >= 15 is 0 Å². The number of nitrogens with zero attached hydrogens (tertiary/aromatic N) is 3. The molecule has 27 heavy (non-hydrogen) atoms. The summed E-state index contributed by atoms with van der Waals surface area (Å²) < 4.78 is 0. The normalized spacial score (nSPS) is 13.7. The number of hydrogen-bond donors (Lipinski definition) is 2. The molecule has 0 aliphatic carbocycles. The van der Waals surface area contributed by atoms with Gasteiger partial charge in [0.15, 0.2) is 0 Å². The Morgan fingerprint density at radius 2 is 1.59 bits per heavy atom. The lowest BCUT2D eigenvalue weighted by molar-refractivity contribution is -0.384. The van der Waals surface area contributed by atoms with Crippen molar-refractivity contribution in [3.05, 3.63) is 64.0 Å². The van der Waals surface area contributed by atoms with E-state index in [0.29, 0.717) is 11.3 Å². The second-order valence-electron chi connectivity index (χ2n) is 6.15. The minimum atomic E-state index is -0.634. The van der Waals surface area contributed by atoms with E-state index in [0.717, 1.165) is 32.4 Å². The highest BCUT2D eigenvalue weighted by Gasteiger charge is 2.23. The van der Waals surface area contributed by atoms with E-state index < -0.39 is 16.7 Å². The van der Waals surface area contributed by atoms with Gasteiger partial charge in [-0.1, -0.05) is 0 Å². The van der Waals surface area contributed by atoms with Gasteiger partial charge in [0.2, 0.25) is 0 Å². The smallest absolute Gasteiger partial charge is 0.293 e. The topological polar surface area (TPSA) is 117 Å². The largest absolute Gasteiger partial charge is 0.366 e.